The van der Waals surface area contributed by atoms with Gasteiger partial charge in [-0.3, -0.25) is 14.4 Å². The molecule has 3 atom stereocenters. The van der Waals surface area contributed by atoms with Gasteiger partial charge in [0.05, 0.1) is 18.8 Å². The van der Waals surface area contributed by atoms with E-state index in [0.29, 0.717) is 60.0 Å². The highest BCUT2D eigenvalue weighted by Crippen LogP contribution is 2.34. The summed E-state index contributed by atoms with van der Waals surface area (Å²) in [4.78, 5) is 37.2. The SMILES string of the molecule is C=C(C)C(C)CCC(=O)CCC.CC.CCC1CC(OC2CCN(CC(F)CCOc3ccc(C(=O)C(C)CC)c(C=O)c3)CC2)C1. The van der Waals surface area contributed by atoms with E-state index in [0.717, 1.165) is 64.0 Å². The van der Waals surface area contributed by atoms with Crippen molar-refractivity contribution in [1.82, 2.24) is 4.90 Å². The minimum absolute atomic E-state index is 0.0398. The third-order valence-electron chi connectivity index (χ3n) is 9.55. The Labute approximate surface area is 286 Å². The van der Waals surface area contributed by atoms with Crippen LogP contribution in [0.5, 0.6) is 5.75 Å². The van der Waals surface area contributed by atoms with Crippen LogP contribution in [0.4, 0.5) is 4.39 Å². The van der Waals surface area contributed by atoms with E-state index >= 15 is 0 Å². The minimum atomic E-state index is -0.962. The molecular weight excluding hydrogens is 593 g/mol. The van der Waals surface area contributed by atoms with Gasteiger partial charge < -0.3 is 14.4 Å². The predicted octanol–water partition coefficient (Wildman–Crippen LogP) is 9.88. The number of hydrogen-bond donors (Lipinski definition) is 0. The standard InChI is InChI=1S/C27H40FNO4.C11H20O.C2H6/c1-4-19(3)27(31)26-7-6-24(16-21(26)18-30)32-13-10-22(28)17-29-11-8-23(9-12-29)33-25-14-20(5-2)15-25;1-5-6-11(12)8-7-10(4)9(2)3;1-2/h6-7,16,18-20,22-23,25H,4-5,8-15,17H2,1-3H3;10H,2,5-8H2,1,3-4H3;1-2H3. The largest absolute Gasteiger partial charge is 0.493 e. The number of halogens is 1. The zero-order chi connectivity index (χ0) is 35.4. The van der Waals surface area contributed by atoms with Gasteiger partial charge in [-0.1, -0.05) is 67.0 Å². The number of piperidine rings is 1. The molecule has 0 amide bonds. The van der Waals surface area contributed by atoms with Gasteiger partial charge in [0.15, 0.2) is 12.1 Å². The second kappa shape index (κ2) is 23.9. The van der Waals surface area contributed by atoms with Crippen molar-refractivity contribution in [3.8, 4) is 5.75 Å². The van der Waals surface area contributed by atoms with Crippen LogP contribution in [0, 0.1) is 17.8 Å². The fourth-order valence-electron chi connectivity index (χ4n) is 5.73. The van der Waals surface area contributed by atoms with Gasteiger partial charge in [0.1, 0.15) is 17.7 Å². The van der Waals surface area contributed by atoms with Crippen LogP contribution in [0.2, 0.25) is 0 Å². The molecule has 1 saturated heterocycles. The molecule has 0 aromatic heterocycles. The average Bonchev–Trinajstić information content (AvgIpc) is 3.06. The molecule has 2 aliphatic rings. The Morgan fingerprint density at radius 3 is 2.23 bits per heavy atom. The van der Waals surface area contributed by atoms with Crippen LogP contribution in [0.3, 0.4) is 0 Å². The number of nitrogens with zero attached hydrogens (tertiary/aromatic N) is 1. The topological polar surface area (TPSA) is 72.9 Å². The number of likely N-dealkylation sites (tertiary alicyclic amines) is 1. The minimum Gasteiger partial charge on any atom is -0.493 e. The molecule has 268 valence electrons. The monoisotopic (exact) mass is 659 g/mol. The zero-order valence-corrected chi connectivity index (χ0v) is 31.0. The molecule has 1 aliphatic carbocycles. The van der Waals surface area contributed by atoms with E-state index in [1.807, 2.05) is 41.5 Å². The summed E-state index contributed by atoms with van der Waals surface area (Å²) in [5.41, 5.74) is 1.93. The van der Waals surface area contributed by atoms with E-state index in [2.05, 4.69) is 25.3 Å². The van der Waals surface area contributed by atoms with Gasteiger partial charge in [0.25, 0.3) is 0 Å². The lowest BCUT2D eigenvalue weighted by Crippen LogP contribution is -2.43. The molecule has 47 heavy (non-hydrogen) atoms. The van der Waals surface area contributed by atoms with Crippen molar-refractivity contribution in [2.45, 2.75) is 144 Å². The predicted molar refractivity (Wildman–Crippen MR) is 192 cm³/mol. The number of benzene rings is 1. The summed E-state index contributed by atoms with van der Waals surface area (Å²) in [5, 5.41) is 0. The molecule has 0 bridgehead atoms. The number of ether oxygens (including phenoxy) is 2. The van der Waals surface area contributed by atoms with Gasteiger partial charge in [0, 0.05) is 55.9 Å². The lowest BCUT2D eigenvalue weighted by atomic mass is 9.80. The third-order valence-corrected chi connectivity index (χ3v) is 9.55. The number of alkyl halides is 1. The van der Waals surface area contributed by atoms with E-state index in [-0.39, 0.29) is 18.3 Å². The first-order valence-electron chi connectivity index (χ1n) is 18.5. The summed E-state index contributed by atoms with van der Waals surface area (Å²) in [6, 6.07) is 4.90. The molecule has 6 nitrogen and oxygen atoms in total. The highest BCUT2D eigenvalue weighted by molar-refractivity contribution is 6.04. The Kier molecular flexibility index (Phi) is 21.7. The van der Waals surface area contributed by atoms with Crippen molar-refractivity contribution in [2.75, 3.05) is 26.2 Å². The maximum Gasteiger partial charge on any atom is 0.166 e. The van der Waals surface area contributed by atoms with E-state index in [4.69, 9.17) is 9.47 Å². The number of rotatable bonds is 19. The molecule has 1 heterocycles. The summed E-state index contributed by atoms with van der Waals surface area (Å²) in [6.45, 7) is 22.5. The maximum absolute atomic E-state index is 14.5. The summed E-state index contributed by atoms with van der Waals surface area (Å²) >= 11 is 0. The molecule has 0 spiro atoms. The van der Waals surface area contributed by atoms with Gasteiger partial charge in [-0.2, -0.15) is 0 Å². The Morgan fingerprint density at radius 1 is 1.02 bits per heavy atom. The van der Waals surface area contributed by atoms with E-state index in [1.165, 1.54) is 24.8 Å². The smallest absolute Gasteiger partial charge is 0.166 e. The molecule has 0 radical (unpaired) electrons. The fraction of sp³-hybridized carbons (Fsp3) is 0.725. The van der Waals surface area contributed by atoms with Gasteiger partial charge in [0.2, 0.25) is 0 Å². The van der Waals surface area contributed by atoms with Crippen molar-refractivity contribution in [3.63, 3.8) is 0 Å². The zero-order valence-electron chi connectivity index (χ0n) is 31.0. The Bertz CT molecular complexity index is 1060. The summed E-state index contributed by atoms with van der Waals surface area (Å²) < 4.78 is 26.4. The van der Waals surface area contributed by atoms with Crippen LogP contribution >= 0.6 is 0 Å². The van der Waals surface area contributed by atoms with Crippen LogP contribution in [-0.4, -0.2) is 67.4 Å². The van der Waals surface area contributed by atoms with Crippen LogP contribution in [0.1, 0.15) is 147 Å². The van der Waals surface area contributed by atoms with Crippen molar-refractivity contribution < 1.29 is 28.2 Å². The number of ketones is 2. The molecule has 1 saturated carbocycles. The number of carbonyl (C=O) groups is 3. The third kappa shape index (κ3) is 16.0. The van der Waals surface area contributed by atoms with Crippen molar-refractivity contribution >= 4 is 17.9 Å². The maximum atomic E-state index is 14.5. The second-order valence-electron chi connectivity index (χ2n) is 13.4. The first kappa shape index (κ1) is 42.6. The lowest BCUT2D eigenvalue weighted by molar-refractivity contribution is -0.119. The first-order chi connectivity index (χ1) is 22.5. The molecule has 1 aromatic rings. The van der Waals surface area contributed by atoms with E-state index < -0.39 is 6.17 Å². The number of hydrogen-bond acceptors (Lipinski definition) is 6. The van der Waals surface area contributed by atoms with Gasteiger partial charge >= 0.3 is 0 Å². The molecule has 0 N–H and O–H groups in total. The molecule has 7 heteroatoms. The Balaban J connectivity index is 0.000000667. The van der Waals surface area contributed by atoms with E-state index in [9.17, 15) is 18.8 Å². The van der Waals surface area contributed by atoms with Crippen molar-refractivity contribution in [3.05, 3.63) is 41.5 Å². The van der Waals surface area contributed by atoms with Gasteiger partial charge in [-0.25, -0.2) is 4.39 Å². The molecule has 3 rings (SSSR count). The highest BCUT2D eigenvalue weighted by atomic mass is 19.1. The lowest BCUT2D eigenvalue weighted by Gasteiger charge is -2.40. The van der Waals surface area contributed by atoms with Crippen molar-refractivity contribution in [2.24, 2.45) is 17.8 Å². The number of allylic oxidation sites excluding steroid dienone is 1. The van der Waals surface area contributed by atoms with Crippen LogP contribution in [0.25, 0.3) is 0 Å². The highest BCUT2D eigenvalue weighted by Gasteiger charge is 2.32. The molecule has 3 unspecified atom stereocenters. The number of carbonyl (C=O) groups excluding carboxylic acids is 3. The normalized spacial score (nSPS) is 19.9. The van der Waals surface area contributed by atoms with Crippen molar-refractivity contribution in [1.29, 1.82) is 0 Å². The molecule has 2 fully saturated rings. The molecule has 1 aromatic carbocycles. The van der Waals surface area contributed by atoms with Gasteiger partial charge in [-0.15, -0.1) is 0 Å². The average molecular weight is 660 g/mol. The second-order valence-corrected chi connectivity index (χ2v) is 13.4. The quantitative estimate of drug-likeness (QED) is 0.0836. The number of Topliss-reactive ketones (excluding diaryl/α,β-unsaturated/α-hetero) is 2. The van der Waals surface area contributed by atoms with Crippen LogP contribution < -0.4 is 4.74 Å². The Morgan fingerprint density at radius 2 is 1.68 bits per heavy atom. The molecule has 1 aliphatic heterocycles. The van der Waals surface area contributed by atoms with Crippen LogP contribution in [-0.2, 0) is 9.53 Å². The summed E-state index contributed by atoms with van der Waals surface area (Å²) in [7, 11) is 0. The number of aldehydes is 1. The first-order valence-corrected chi connectivity index (χ1v) is 18.5. The fourth-order valence-corrected chi connectivity index (χ4v) is 5.73. The molecular formula is C40H66FNO5. The Hall–Kier alpha value is -2.38. The van der Waals surface area contributed by atoms with Crippen LogP contribution in [0.15, 0.2) is 30.4 Å². The summed E-state index contributed by atoms with van der Waals surface area (Å²) in [6.07, 6.45) is 10.5. The summed E-state index contributed by atoms with van der Waals surface area (Å²) in [5.74, 6) is 2.05. The van der Waals surface area contributed by atoms with Gasteiger partial charge in [-0.05, 0) is 81.9 Å². The van der Waals surface area contributed by atoms with E-state index in [1.54, 1.807) is 18.2 Å².